The second-order valence-electron chi connectivity index (χ2n) is 5.81. The maximum Gasteiger partial charge on any atom is 0.238 e. The molecule has 7 heteroatoms. The van der Waals surface area contributed by atoms with Gasteiger partial charge in [-0.15, -0.1) is 0 Å². The molecule has 4 rings (SSSR count). The molecule has 0 spiro atoms. The molecule has 124 valence electrons. The highest BCUT2D eigenvalue weighted by Gasteiger charge is 2.37. The second-order valence-corrected chi connectivity index (χ2v) is 7.05. The van der Waals surface area contributed by atoms with Gasteiger partial charge in [-0.3, -0.25) is 15.0 Å². The van der Waals surface area contributed by atoms with Crippen molar-refractivity contribution in [2.45, 2.75) is 0 Å². The van der Waals surface area contributed by atoms with Gasteiger partial charge in [0.15, 0.2) is 5.78 Å². The van der Waals surface area contributed by atoms with Gasteiger partial charge in [-0.2, -0.15) is 0 Å². The Morgan fingerprint density at radius 2 is 1.96 bits per heavy atom. The summed E-state index contributed by atoms with van der Waals surface area (Å²) in [7, 11) is 0. The second kappa shape index (κ2) is 6.07. The summed E-state index contributed by atoms with van der Waals surface area (Å²) in [6, 6.07) is 7.58. The van der Waals surface area contributed by atoms with Crippen LogP contribution in [0.25, 0.3) is 0 Å². The smallest absolute Gasteiger partial charge is 0.238 e. The molecule has 2 aliphatic heterocycles. The van der Waals surface area contributed by atoms with E-state index in [1.54, 1.807) is 29.2 Å². The molecule has 0 saturated carbocycles. The van der Waals surface area contributed by atoms with Gasteiger partial charge in [0, 0.05) is 9.26 Å². The Hall–Kier alpha value is -2.55. The number of fused-ring (bicyclic) bond motifs is 1. The molecule has 2 heterocycles. The molecule has 1 aliphatic carbocycles. The number of halogens is 1. The minimum Gasteiger partial charge on any atom is -0.318 e. The minimum absolute atomic E-state index is 0.0552. The van der Waals surface area contributed by atoms with Gasteiger partial charge in [-0.25, -0.2) is 4.99 Å². The number of rotatable bonds is 1. The van der Waals surface area contributed by atoms with E-state index in [0.717, 1.165) is 9.26 Å². The number of ketones is 1. The van der Waals surface area contributed by atoms with E-state index in [-0.39, 0.29) is 35.5 Å². The predicted molar refractivity (Wildman–Crippen MR) is 104 cm³/mol. The molecule has 0 radical (unpaired) electrons. The summed E-state index contributed by atoms with van der Waals surface area (Å²) in [5.74, 6) is -0.676. The summed E-state index contributed by atoms with van der Waals surface area (Å²) >= 11 is 2.20. The van der Waals surface area contributed by atoms with Gasteiger partial charge < -0.3 is 10.2 Å². The standard InChI is InChI=1S/C18H13IN4O2/c19-10-5-7-11(8-6-10)23-9-14(24)15(16(23)20)17-21-13-4-2-1-3-12(13)18(25)22-17/h1-8,12,20H,9H2,(H,22,25)/b17-15-,20-16?. The number of nitrogens with one attached hydrogen (secondary N) is 2. The summed E-state index contributed by atoms with van der Waals surface area (Å²) in [6.45, 7) is 0.0676. The van der Waals surface area contributed by atoms with Crippen molar-refractivity contribution in [2.24, 2.45) is 10.9 Å². The van der Waals surface area contributed by atoms with Crippen LogP contribution in [0.1, 0.15) is 0 Å². The molecule has 1 aromatic carbocycles. The number of hydrogen-bond donors (Lipinski definition) is 2. The number of amides is 1. The summed E-state index contributed by atoms with van der Waals surface area (Å²) < 4.78 is 1.08. The molecule has 1 unspecified atom stereocenters. The molecule has 6 nitrogen and oxygen atoms in total. The van der Waals surface area contributed by atoms with Crippen LogP contribution in [0.2, 0.25) is 0 Å². The first-order valence-corrected chi connectivity index (χ1v) is 8.76. The number of benzene rings is 1. The van der Waals surface area contributed by atoms with Gasteiger partial charge in [0.05, 0.1) is 18.2 Å². The van der Waals surface area contributed by atoms with Crippen molar-refractivity contribution >= 4 is 51.5 Å². The van der Waals surface area contributed by atoms with E-state index in [0.29, 0.717) is 5.71 Å². The number of hydrogen-bond acceptors (Lipinski definition) is 4. The quantitative estimate of drug-likeness (QED) is 0.515. The van der Waals surface area contributed by atoms with E-state index in [9.17, 15) is 9.59 Å². The number of nitrogens with zero attached hydrogens (tertiary/aromatic N) is 2. The zero-order valence-corrected chi connectivity index (χ0v) is 15.1. The van der Waals surface area contributed by atoms with Crippen LogP contribution < -0.4 is 10.2 Å². The van der Waals surface area contributed by atoms with Crippen LogP contribution in [-0.4, -0.2) is 29.8 Å². The van der Waals surface area contributed by atoms with E-state index >= 15 is 0 Å². The fourth-order valence-corrected chi connectivity index (χ4v) is 3.34. The zero-order valence-electron chi connectivity index (χ0n) is 13.0. The first kappa shape index (κ1) is 15.9. The number of carbonyl (C=O) groups excluding carboxylic acids is 2. The van der Waals surface area contributed by atoms with E-state index in [1.807, 2.05) is 24.3 Å². The average Bonchev–Trinajstić information content (AvgIpc) is 2.90. The van der Waals surface area contributed by atoms with Crippen LogP contribution in [0.4, 0.5) is 5.69 Å². The molecule has 1 fully saturated rings. The van der Waals surface area contributed by atoms with E-state index in [1.165, 1.54) is 0 Å². The lowest BCUT2D eigenvalue weighted by molar-refractivity contribution is -0.121. The van der Waals surface area contributed by atoms with E-state index in [2.05, 4.69) is 32.9 Å². The minimum atomic E-state index is -0.438. The van der Waals surface area contributed by atoms with E-state index in [4.69, 9.17) is 5.41 Å². The van der Waals surface area contributed by atoms with E-state index < -0.39 is 5.92 Å². The molecule has 25 heavy (non-hydrogen) atoms. The summed E-state index contributed by atoms with van der Waals surface area (Å²) in [4.78, 5) is 30.8. The average molecular weight is 444 g/mol. The fourth-order valence-electron chi connectivity index (χ4n) is 2.98. The SMILES string of the molecule is N=C1/C(=C2/N=C3C=CC=CC3C(=O)N2)C(=O)CN1c1ccc(I)cc1. The number of anilines is 1. The Balaban J connectivity index is 1.74. The Labute approximate surface area is 157 Å². The maximum absolute atomic E-state index is 12.5. The van der Waals surface area contributed by atoms with Crippen molar-refractivity contribution < 1.29 is 9.59 Å². The monoisotopic (exact) mass is 444 g/mol. The van der Waals surface area contributed by atoms with Crippen LogP contribution in [0.3, 0.4) is 0 Å². The molecule has 0 aromatic heterocycles. The summed E-state index contributed by atoms with van der Waals surface area (Å²) in [6.07, 6.45) is 7.11. The molecule has 1 aromatic rings. The number of allylic oxidation sites excluding steroid dienone is 3. The third-order valence-electron chi connectivity index (χ3n) is 4.23. The van der Waals surface area contributed by atoms with Crippen LogP contribution in [0.5, 0.6) is 0 Å². The highest BCUT2D eigenvalue weighted by Crippen LogP contribution is 2.27. The molecule has 2 N–H and O–H groups in total. The fraction of sp³-hybridized carbons (Fsp3) is 0.111. The van der Waals surface area contributed by atoms with Crippen LogP contribution in [-0.2, 0) is 9.59 Å². The molecular weight excluding hydrogens is 431 g/mol. The number of aliphatic imine (C=N–C) groups is 1. The summed E-state index contributed by atoms with van der Waals surface area (Å²) in [5, 5.41) is 11.1. The highest BCUT2D eigenvalue weighted by molar-refractivity contribution is 14.1. The lowest BCUT2D eigenvalue weighted by Gasteiger charge is -2.23. The van der Waals surface area contributed by atoms with Crippen molar-refractivity contribution in [1.82, 2.24) is 5.32 Å². The Bertz CT molecular complexity index is 925. The Kier molecular flexibility index (Phi) is 3.87. The number of amidine groups is 1. The molecule has 3 aliphatic rings. The maximum atomic E-state index is 12.5. The molecule has 1 amide bonds. The van der Waals surface area contributed by atoms with Crippen molar-refractivity contribution in [3.63, 3.8) is 0 Å². The molecule has 0 bridgehead atoms. The normalized spacial score (nSPS) is 25.2. The van der Waals surface area contributed by atoms with Crippen LogP contribution in [0.15, 0.2) is 65.0 Å². The lowest BCUT2D eigenvalue weighted by Crippen LogP contribution is -2.39. The van der Waals surface area contributed by atoms with Crippen molar-refractivity contribution in [2.75, 3.05) is 11.4 Å². The van der Waals surface area contributed by atoms with Crippen molar-refractivity contribution in [1.29, 1.82) is 5.41 Å². The molecular formula is C18H13IN4O2. The zero-order chi connectivity index (χ0) is 17.6. The molecule has 1 atom stereocenters. The predicted octanol–water partition coefficient (Wildman–Crippen LogP) is 2.18. The van der Waals surface area contributed by atoms with Gasteiger partial charge in [-0.1, -0.05) is 18.2 Å². The van der Waals surface area contributed by atoms with Gasteiger partial charge in [-0.05, 0) is 52.9 Å². The highest BCUT2D eigenvalue weighted by atomic mass is 127. The van der Waals surface area contributed by atoms with Gasteiger partial charge in [0.25, 0.3) is 0 Å². The largest absolute Gasteiger partial charge is 0.318 e. The first-order chi connectivity index (χ1) is 12.0. The van der Waals surface area contributed by atoms with Gasteiger partial charge >= 0.3 is 0 Å². The number of Topliss-reactive ketones (excluding diaryl/α,β-unsaturated/α-hetero) is 1. The van der Waals surface area contributed by atoms with Crippen LogP contribution >= 0.6 is 22.6 Å². The Morgan fingerprint density at radius 3 is 2.72 bits per heavy atom. The third kappa shape index (κ3) is 2.74. The third-order valence-corrected chi connectivity index (χ3v) is 4.95. The van der Waals surface area contributed by atoms with Crippen LogP contribution in [0, 0.1) is 14.9 Å². The Morgan fingerprint density at radius 1 is 1.20 bits per heavy atom. The van der Waals surface area contributed by atoms with Gasteiger partial charge in [0.1, 0.15) is 17.2 Å². The number of carbonyl (C=O) groups is 2. The molecule has 1 saturated heterocycles. The van der Waals surface area contributed by atoms with Crippen molar-refractivity contribution in [3.05, 3.63) is 63.5 Å². The lowest BCUT2D eigenvalue weighted by atomic mass is 9.95. The van der Waals surface area contributed by atoms with Gasteiger partial charge in [0.2, 0.25) is 5.91 Å². The first-order valence-electron chi connectivity index (χ1n) is 7.68. The van der Waals surface area contributed by atoms with Crippen molar-refractivity contribution in [3.8, 4) is 0 Å². The topological polar surface area (TPSA) is 85.6 Å². The summed E-state index contributed by atoms with van der Waals surface area (Å²) in [5.41, 5.74) is 1.50.